The molecule has 0 aliphatic rings. The lowest BCUT2D eigenvalue weighted by molar-refractivity contribution is -0.136. The van der Waals surface area contributed by atoms with Crippen molar-refractivity contribution in [2.75, 3.05) is 0 Å². The fourth-order valence-corrected chi connectivity index (χ4v) is 1.16. The van der Waals surface area contributed by atoms with Gasteiger partial charge < -0.3 is 12.9 Å². The minimum Gasteiger partial charge on any atom is -0.445 e. The summed E-state index contributed by atoms with van der Waals surface area (Å²) in [4.78, 5) is 0. The summed E-state index contributed by atoms with van der Waals surface area (Å²) < 4.78 is 73.8. The molecule has 86 valence electrons. The predicted molar refractivity (Wildman–Crippen MR) is 44.9 cm³/mol. The van der Waals surface area contributed by atoms with Gasteiger partial charge >= 0.3 is 13.2 Å². The predicted octanol–water partition coefficient (Wildman–Crippen LogP) is 2.63. The molecular formula is C8H3BF6N-. The normalized spacial score (nSPS) is 12.3. The van der Waals surface area contributed by atoms with E-state index in [9.17, 15) is 26.1 Å². The smallest absolute Gasteiger partial charge is 0.445 e. The van der Waals surface area contributed by atoms with Crippen molar-refractivity contribution in [2.24, 2.45) is 0 Å². The first-order valence-corrected chi connectivity index (χ1v) is 3.97. The van der Waals surface area contributed by atoms with Crippen molar-refractivity contribution in [3.63, 3.8) is 0 Å². The van der Waals surface area contributed by atoms with Gasteiger partial charge in [0.1, 0.15) is 0 Å². The summed E-state index contributed by atoms with van der Waals surface area (Å²) in [7, 11) is 0. The van der Waals surface area contributed by atoms with Crippen molar-refractivity contribution in [2.45, 2.75) is 6.18 Å². The highest BCUT2D eigenvalue weighted by Crippen LogP contribution is 2.30. The van der Waals surface area contributed by atoms with E-state index in [4.69, 9.17) is 5.26 Å². The third-order valence-corrected chi connectivity index (χ3v) is 1.84. The highest BCUT2D eigenvalue weighted by Gasteiger charge is 2.39. The molecule has 1 nitrogen and oxygen atoms in total. The van der Waals surface area contributed by atoms with Crippen molar-refractivity contribution in [1.29, 1.82) is 5.26 Å². The Kier molecular flexibility index (Phi) is 2.90. The molecule has 1 rings (SSSR count). The molecule has 0 saturated carbocycles. The van der Waals surface area contributed by atoms with E-state index in [1.54, 1.807) is 0 Å². The average Bonchev–Trinajstić information content (AvgIpc) is 2.14. The van der Waals surface area contributed by atoms with Crippen LogP contribution in [0, 0.1) is 11.3 Å². The Labute approximate surface area is 86.4 Å². The van der Waals surface area contributed by atoms with E-state index in [1.165, 1.54) is 6.07 Å². The Morgan fingerprint density at radius 1 is 1.12 bits per heavy atom. The van der Waals surface area contributed by atoms with Crippen molar-refractivity contribution < 1.29 is 26.1 Å². The lowest BCUT2D eigenvalue weighted by Crippen LogP contribution is -2.39. The molecule has 0 unspecified atom stereocenters. The molecule has 0 fully saturated rings. The van der Waals surface area contributed by atoms with Crippen LogP contribution in [0.1, 0.15) is 11.1 Å². The number of alkyl halides is 3. The quantitative estimate of drug-likeness (QED) is 0.544. The van der Waals surface area contributed by atoms with E-state index in [0.29, 0.717) is 6.07 Å². The van der Waals surface area contributed by atoms with Crippen LogP contribution >= 0.6 is 0 Å². The number of nitrogens with zero attached hydrogens (tertiary/aromatic N) is 1. The zero-order chi connectivity index (χ0) is 12.6. The summed E-state index contributed by atoms with van der Waals surface area (Å²) >= 11 is 0. The van der Waals surface area contributed by atoms with Gasteiger partial charge in [0.05, 0.1) is 11.6 Å². The second-order valence-electron chi connectivity index (χ2n) is 2.99. The van der Waals surface area contributed by atoms with Gasteiger partial charge in [0, 0.05) is 5.56 Å². The van der Waals surface area contributed by atoms with E-state index in [1.807, 2.05) is 0 Å². The zero-order valence-corrected chi connectivity index (χ0v) is 7.52. The molecule has 1 aromatic rings. The van der Waals surface area contributed by atoms with Crippen LogP contribution in [0.2, 0.25) is 0 Å². The maximum Gasteiger partial charge on any atom is 0.510 e. The van der Waals surface area contributed by atoms with Gasteiger partial charge in [-0.3, -0.25) is 0 Å². The molecule has 0 spiro atoms. The fourth-order valence-electron chi connectivity index (χ4n) is 1.16. The van der Waals surface area contributed by atoms with E-state index >= 15 is 0 Å². The molecule has 0 N–H and O–H groups in total. The number of benzene rings is 1. The number of halogens is 6. The zero-order valence-electron chi connectivity index (χ0n) is 7.52. The number of nitriles is 1. The third-order valence-electron chi connectivity index (χ3n) is 1.84. The minimum atomic E-state index is -5.75. The second kappa shape index (κ2) is 3.74. The summed E-state index contributed by atoms with van der Waals surface area (Å²) in [5, 5.41) is 8.33. The molecule has 0 atom stereocenters. The number of hydrogen-bond acceptors (Lipinski definition) is 1. The van der Waals surface area contributed by atoms with Gasteiger partial charge in [0.15, 0.2) is 0 Å². The van der Waals surface area contributed by atoms with E-state index in [0.717, 1.165) is 0 Å². The van der Waals surface area contributed by atoms with Gasteiger partial charge in [-0.1, -0.05) is 11.5 Å². The lowest BCUT2D eigenvalue weighted by Gasteiger charge is -2.21. The van der Waals surface area contributed by atoms with Gasteiger partial charge in [-0.25, -0.2) is 0 Å². The largest absolute Gasteiger partial charge is 0.510 e. The minimum absolute atomic E-state index is 0.199. The van der Waals surface area contributed by atoms with Crippen LogP contribution in [-0.2, 0) is 6.18 Å². The highest BCUT2D eigenvalue weighted by molar-refractivity contribution is 6.74. The Hall–Kier alpha value is -1.65. The number of hydrogen-bond donors (Lipinski definition) is 0. The second-order valence-corrected chi connectivity index (χ2v) is 2.99. The maximum atomic E-state index is 12.3. The summed E-state index contributed by atoms with van der Waals surface area (Å²) in [5.41, 5.74) is -4.01. The highest BCUT2D eigenvalue weighted by atomic mass is 19.4. The number of rotatable bonds is 1. The first kappa shape index (κ1) is 12.4. The molecule has 16 heavy (non-hydrogen) atoms. The molecule has 0 aliphatic heterocycles. The standard InChI is InChI=1S/C8H3BF6N/c10-8(11,12)6-3-5(4-16)1-2-7(6)9(13,14)15/h1-3H/q-1. The molecule has 0 saturated heterocycles. The van der Waals surface area contributed by atoms with Crippen LogP contribution in [-0.4, -0.2) is 6.98 Å². The van der Waals surface area contributed by atoms with Crippen LogP contribution < -0.4 is 5.46 Å². The molecule has 1 aromatic carbocycles. The van der Waals surface area contributed by atoms with E-state index in [-0.39, 0.29) is 12.1 Å². The van der Waals surface area contributed by atoms with Crippen LogP contribution in [0.25, 0.3) is 0 Å². The molecule has 0 radical (unpaired) electrons. The van der Waals surface area contributed by atoms with Crippen molar-refractivity contribution in [1.82, 2.24) is 0 Å². The Morgan fingerprint density at radius 3 is 2.06 bits per heavy atom. The van der Waals surface area contributed by atoms with Crippen LogP contribution in [0.4, 0.5) is 26.1 Å². The monoisotopic (exact) mass is 238 g/mol. The average molecular weight is 238 g/mol. The topological polar surface area (TPSA) is 23.8 Å². The van der Waals surface area contributed by atoms with Crippen LogP contribution in [0.15, 0.2) is 18.2 Å². The molecule has 0 aromatic heterocycles. The Balaban J connectivity index is 3.47. The Morgan fingerprint density at radius 2 is 1.69 bits per heavy atom. The Bertz CT molecular complexity index is 441. The molecule has 8 heteroatoms. The molecule has 0 bridgehead atoms. The molecular weight excluding hydrogens is 235 g/mol. The first-order valence-electron chi connectivity index (χ1n) is 3.97. The SMILES string of the molecule is N#Cc1ccc([B-](F)(F)F)c(C(F)(F)F)c1. The van der Waals surface area contributed by atoms with Gasteiger partial charge in [0.2, 0.25) is 0 Å². The van der Waals surface area contributed by atoms with Crippen molar-refractivity contribution in [3.8, 4) is 6.07 Å². The fraction of sp³-hybridized carbons (Fsp3) is 0.125. The van der Waals surface area contributed by atoms with Gasteiger partial charge in [-0.15, -0.1) is 0 Å². The molecule has 0 amide bonds. The first-order chi connectivity index (χ1) is 7.16. The van der Waals surface area contributed by atoms with Crippen LogP contribution in [0.5, 0.6) is 0 Å². The van der Waals surface area contributed by atoms with Crippen LogP contribution in [0.3, 0.4) is 0 Å². The van der Waals surface area contributed by atoms with Crippen molar-refractivity contribution in [3.05, 3.63) is 29.3 Å². The van der Waals surface area contributed by atoms with Gasteiger partial charge in [-0.2, -0.15) is 18.4 Å². The molecule has 0 aliphatic carbocycles. The summed E-state index contributed by atoms with van der Waals surface area (Å²) in [6.45, 7) is -5.75. The van der Waals surface area contributed by atoms with E-state index < -0.39 is 29.7 Å². The molecule has 0 heterocycles. The summed E-state index contributed by atoms with van der Waals surface area (Å²) in [6, 6.07) is 2.54. The lowest BCUT2D eigenvalue weighted by atomic mass is 9.76. The summed E-state index contributed by atoms with van der Waals surface area (Å²) in [6.07, 6.45) is -5.13. The van der Waals surface area contributed by atoms with Crippen molar-refractivity contribution >= 4 is 12.4 Å². The maximum absolute atomic E-state index is 12.3. The van der Waals surface area contributed by atoms with Gasteiger partial charge in [-0.05, 0) is 12.1 Å². The summed E-state index contributed by atoms with van der Waals surface area (Å²) in [5.74, 6) is 0. The van der Waals surface area contributed by atoms with Gasteiger partial charge in [0.25, 0.3) is 0 Å². The van der Waals surface area contributed by atoms with E-state index in [2.05, 4.69) is 0 Å². The third kappa shape index (κ3) is 2.48.